The van der Waals surface area contributed by atoms with Crippen LogP contribution in [0.2, 0.25) is 0 Å². The number of hydrazone groups is 1. The summed E-state index contributed by atoms with van der Waals surface area (Å²) in [5.74, 6) is -4.99. The van der Waals surface area contributed by atoms with Crippen LogP contribution in [0.15, 0.2) is 84.0 Å². The summed E-state index contributed by atoms with van der Waals surface area (Å²) in [7, 11) is 0. The zero-order valence-electron chi connectivity index (χ0n) is 24.1. The van der Waals surface area contributed by atoms with Crippen molar-refractivity contribution in [3.05, 3.63) is 117 Å². The molecular weight excluding hydrogens is 572 g/mol. The SMILES string of the molecule is Cc1ccc(N2C(=O)[C@@H]3C4c5ccccc5C(/C=N\N5C(=O)[C@H]6[C@H](C5=O)[C@H]5C=C[C@H]6C5)(c5ccccc54)[C@@H]3C2=O)c([N+](=O)[O-])c1. The zero-order chi connectivity index (χ0) is 30.9. The van der Waals surface area contributed by atoms with Gasteiger partial charge in [0.1, 0.15) is 5.69 Å². The molecule has 10 nitrogen and oxygen atoms in total. The predicted molar refractivity (Wildman–Crippen MR) is 161 cm³/mol. The van der Waals surface area contributed by atoms with Crippen LogP contribution in [0.25, 0.3) is 0 Å². The Morgan fingerprint density at radius 2 is 1.42 bits per heavy atom. The van der Waals surface area contributed by atoms with Gasteiger partial charge in [-0.1, -0.05) is 66.7 Å². The first kappa shape index (κ1) is 26.2. The highest BCUT2D eigenvalue weighted by atomic mass is 16.6. The summed E-state index contributed by atoms with van der Waals surface area (Å²) >= 11 is 0. The first-order valence-electron chi connectivity index (χ1n) is 15.2. The van der Waals surface area contributed by atoms with E-state index in [9.17, 15) is 29.3 Å². The molecule has 4 bridgehead atoms. The largest absolute Gasteiger partial charge is 0.293 e. The summed E-state index contributed by atoms with van der Waals surface area (Å²) < 4.78 is 0. The molecule has 0 radical (unpaired) electrons. The third-order valence-electron chi connectivity index (χ3n) is 11.1. The van der Waals surface area contributed by atoms with E-state index in [1.54, 1.807) is 13.0 Å². The van der Waals surface area contributed by atoms with Crippen LogP contribution in [0.5, 0.6) is 0 Å². The molecule has 2 heterocycles. The number of carbonyl (C=O) groups excluding carboxylic acids is 4. The predicted octanol–water partition coefficient (Wildman–Crippen LogP) is 4.25. The van der Waals surface area contributed by atoms with Gasteiger partial charge in [0.15, 0.2) is 0 Å². The van der Waals surface area contributed by atoms with E-state index in [4.69, 9.17) is 0 Å². The molecule has 1 saturated carbocycles. The summed E-state index contributed by atoms with van der Waals surface area (Å²) in [6.07, 6.45) is 6.36. The number of imide groups is 2. The Bertz CT molecular complexity index is 1920. The minimum atomic E-state index is -1.32. The molecule has 10 rings (SSSR count). The highest BCUT2D eigenvalue weighted by molar-refractivity contribution is 6.26. The van der Waals surface area contributed by atoms with Gasteiger partial charge in [0.25, 0.3) is 17.5 Å². The third-order valence-corrected chi connectivity index (χ3v) is 11.1. The quantitative estimate of drug-likeness (QED) is 0.145. The minimum absolute atomic E-state index is 0.0126. The van der Waals surface area contributed by atoms with E-state index in [0.717, 1.165) is 38.6 Å². The van der Waals surface area contributed by atoms with Gasteiger partial charge >= 0.3 is 0 Å². The molecule has 2 saturated heterocycles. The van der Waals surface area contributed by atoms with Crippen LogP contribution >= 0.6 is 0 Å². The number of hydrogen-bond donors (Lipinski definition) is 0. The Balaban J connectivity index is 1.25. The number of benzene rings is 3. The molecule has 0 spiro atoms. The summed E-state index contributed by atoms with van der Waals surface area (Å²) in [5.41, 5.74) is 2.13. The van der Waals surface area contributed by atoms with Crippen molar-refractivity contribution in [3.8, 4) is 0 Å². The maximum atomic E-state index is 14.7. The molecule has 45 heavy (non-hydrogen) atoms. The number of allylic oxidation sites excluding steroid dienone is 2. The van der Waals surface area contributed by atoms with E-state index in [-0.39, 0.29) is 35.0 Å². The lowest BCUT2D eigenvalue weighted by atomic mass is 9.47. The number of carbonyl (C=O) groups is 4. The normalized spacial score (nSPS) is 33.3. The van der Waals surface area contributed by atoms with Crippen molar-refractivity contribution in [2.24, 2.45) is 40.6 Å². The van der Waals surface area contributed by atoms with Gasteiger partial charge in [-0.2, -0.15) is 10.1 Å². The zero-order valence-corrected chi connectivity index (χ0v) is 24.1. The lowest BCUT2D eigenvalue weighted by Gasteiger charge is -2.52. The third kappa shape index (κ3) is 3.06. The van der Waals surface area contributed by atoms with Crippen molar-refractivity contribution in [3.63, 3.8) is 0 Å². The van der Waals surface area contributed by atoms with Gasteiger partial charge in [0.2, 0.25) is 11.8 Å². The van der Waals surface area contributed by atoms with Crippen molar-refractivity contribution >= 4 is 41.2 Å². The molecule has 3 fully saturated rings. The van der Waals surface area contributed by atoms with Gasteiger partial charge in [-0.05, 0) is 59.1 Å². The van der Waals surface area contributed by atoms with E-state index < -0.39 is 51.7 Å². The second kappa shape index (κ2) is 8.68. The molecule has 10 heteroatoms. The highest BCUT2D eigenvalue weighted by Crippen LogP contribution is 2.64. The average Bonchev–Trinajstić information content (AvgIpc) is 3.79. The second-order valence-corrected chi connectivity index (χ2v) is 13.0. The second-order valence-electron chi connectivity index (χ2n) is 13.0. The van der Waals surface area contributed by atoms with Gasteiger partial charge in [-0.15, -0.1) is 0 Å². The average molecular weight is 599 g/mol. The van der Waals surface area contributed by atoms with Crippen molar-refractivity contribution in [2.75, 3.05) is 4.90 Å². The molecule has 0 unspecified atom stereocenters. The van der Waals surface area contributed by atoms with Gasteiger partial charge in [0, 0.05) is 18.2 Å². The summed E-state index contributed by atoms with van der Waals surface area (Å²) in [5, 5.41) is 17.7. The van der Waals surface area contributed by atoms with E-state index >= 15 is 0 Å². The molecule has 0 N–H and O–H groups in total. The van der Waals surface area contributed by atoms with Crippen molar-refractivity contribution in [1.82, 2.24) is 5.01 Å². The Labute approximate surface area is 257 Å². The topological polar surface area (TPSA) is 130 Å². The first-order valence-corrected chi connectivity index (χ1v) is 15.2. The molecule has 2 aliphatic heterocycles. The smallest absolute Gasteiger partial charge is 0.274 e. The molecule has 222 valence electrons. The number of anilines is 1. The number of amides is 4. The Morgan fingerprint density at radius 3 is 2.02 bits per heavy atom. The Hall–Kier alpha value is -5.25. The molecule has 7 aliphatic rings. The molecular formula is C35H26N4O6. The van der Waals surface area contributed by atoms with Gasteiger partial charge in [-0.25, -0.2) is 4.90 Å². The molecule has 5 aliphatic carbocycles. The summed E-state index contributed by atoms with van der Waals surface area (Å²) in [6, 6.07) is 19.6. The number of nitro groups is 1. The van der Waals surface area contributed by atoms with E-state index in [0.29, 0.717) is 5.56 Å². The van der Waals surface area contributed by atoms with Crippen LogP contribution in [0, 0.1) is 52.5 Å². The molecule has 4 amide bonds. The summed E-state index contributed by atoms with van der Waals surface area (Å²) in [4.78, 5) is 68.9. The maximum Gasteiger partial charge on any atom is 0.293 e. The van der Waals surface area contributed by atoms with E-state index in [1.807, 2.05) is 60.7 Å². The highest BCUT2D eigenvalue weighted by Gasteiger charge is 2.69. The number of nitrogens with zero attached hydrogens (tertiary/aromatic N) is 4. The van der Waals surface area contributed by atoms with Crippen LogP contribution in [0.1, 0.15) is 40.2 Å². The van der Waals surface area contributed by atoms with Crippen LogP contribution in [0.3, 0.4) is 0 Å². The number of hydrogen-bond acceptors (Lipinski definition) is 7. The van der Waals surface area contributed by atoms with Gasteiger partial charge in [-0.3, -0.25) is 29.3 Å². The molecule has 6 atom stereocenters. The maximum absolute atomic E-state index is 14.7. The number of fused-ring (bicyclic) bond motifs is 5. The lowest BCUT2D eigenvalue weighted by molar-refractivity contribution is -0.384. The van der Waals surface area contributed by atoms with Crippen LogP contribution in [-0.2, 0) is 24.6 Å². The van der Waals surface area contributed by atoms with Crippen molar-refractivity contribution in [2.45, 2.75) is 24.7 Å². The monoisotopic (exact) mass is 598 g/mol. The van der Waals surface area contributed by atoms with Crippen LogP contribution in [-0.4, -0.2) is 39.8 Å². The van der Waals surface area contributed by atoms with E-state index in [1.165, 1.54) is 18.3 Å². The Kier molecular flexibility index (Phi) is 5.05. The first-order chi connectivity index (χ1) is 21.7. The standard InChI is InChI=1S/C35H26N4O6/c1-17-10-13-24(25(14-17)39(44)45)37-31(40)29-28-20-6-2-4-8-22(20)35(30(29)34(37)43,23-9-5-3-7-21(23)28)16-36-38-32(41)26-18-11-12-19(15-18)27(26)33(38)42/h2-14,16,18-19,26-30H,15H2,1H3/b36-16-/t18-,19-,26+,27+,28?,29+,30-,35?/m0/s1. The molecule has 0 aromatic heterocycles. The van der Waals surface area contributed by atoms with Crippen molar-refractivity contribution < 1.29 is 24.1 Å². The fourth-order valence-electron chi connectivity index (χ4n) is 9.41. The van der Waals surface area contributed by atoms with E-state index in [2.05, 4.69) is 5.10 Å². The van der Waals surface area contributed by atoms with Crippen LogP contribution < -0.4 is 4.90 Å². The number of nitro benzene ring substituents is 1. The fraction of sp³-hybridized carbons (Fsp3) is 0.286. The molecule has 3 aromatic rings. The molecule has 3 aromatic carbocycles. The van der Waals surface area contributed by atoms with Gasteiger partial charge in [0.05, 0.1) is 34.0 Å². The van der Waals surface area contributed by atoms with Crippen LogP contribution in [0.4, 0.5) is 11.4 Å². The minimum Gasteiger partial charge on any atom is -0.274 e. The summed E-state index contributed by atoms with van der Waals surface area (Å²) in [6.45, 7) is 1.71. The Morgan fingerprint density at radius 1 is 0.822 bits per heavy atom. The van der Waals surface area contributed by atoms with Gasteiger partial charge < -0.3 is 0 Å². The number of rotatable bonds is 4. The lowest BCUT2D eigenvalue weighted by Crippen LogP contribution is -2.55. The van der Waals surface area contributed by atoms with Crippen molar-refractivity contribution in [1.29, 1.82) is 0 Å². The number of aryl methyl sites for hydroxylation is 1. The fourth-order valence-corrected chi connectivity index (χ4v) is 9.41.